The van der Waals surface area contributed by atoms with Gasteiger partial charge in [0.25, 0.3) is 0 Å². The van der Waals surface area contributed by atoms with Crippen LogP contribution in [0, 0.1) is 11.8 Å². The van der Waals surface area contributed by atoms with Gasteiger partial charge in [-0.15, -0.1) is 0 Å². The molecule has 1 aromatic heterocycles. The topological polar surface area (TPSA) is 75.1 Å². The number of aromatic nitrogens is 2. The summed E-state index contributed by atoms with van der Waals surface area (Å²) >= 11 is 0.617. The minimum atomic E-state index is -4.56. The Morgan fingerprint density at radius 3 is 2.55 bits per heavy atom. The summed E-state index contributed by atoms with van der Waals surface area (Å²) in [4.78, 5) is 14.1. The van der Waals surface area contributed by atoms with Gasteiger partial charge in [0.05, 0.1) is 0 Å². The highest BCUT2D eigenvalue weighted by molar-refractivity contribution is 7.09. The van der Waals surface area contributed by atoms with Crippen molar-refractivity contribution in [1.29, 1.82) is 0 Å². The third-order valence-corrected chi connectivity index (χ3v) is 3.16. The first-order valence-corrected chi connectivity index (χ1v) is 6.82. The van der Waals surface area contributed by atoms with E-state index in [2.05, 4.69) is 14.7 Å². The molecule has 5 nitrogen and oxygen atoms in total. The number of carbonyl (C=O) groups is 1. The molecule has 0 aliphatic heterocycles. The lowest BCUT2D eigenvalue weighted by molar-refractivity contribution is -0.144. The SMILES string of the molecule is CC(C)CC(CNc1nc(C(F)(F)F)ns1)CC(=O)O. The number of halogens is 3. The predicted octanol–water partition coefficient (Wildman–Crippen LogP) is 3.11. The Hall–Kier alpha value is -1.38. The zero-order valence-corrected chi connectivity index (χ0v) is 11.9. The highest BCUT2D eigenvalue weighted by Gasteiger charge is 2.36. The summed E-state index contributed by atoms with van der Waals surface area (Å²) in [6.45, 7) is 4.18. The first-order chi connectivity index (χ1) is 9.18. The van der Waals surface area contributed by atoms with E-state index in [-0.39, 0.29) is 24.0 Å². The van der Waals surface area contributed by atoms with Crippen LogP contribution in [0.2, 0.25) is 0 Å². The molecule has 1 atom stereocenters. The van der Waals surface area contributed by atoms with Crippen molar-refractivity contribution in [2.45, 2.75) is 32.9 Å². The monoisotopic (exact) mass is 311 g/mol. The first kappa shape index (κ1) is 16.7. The molecular formula is C11H16F3N3O2S. The van der Waals surface area contributed by atoms with Crippen molar-refractivity contribution in [2.75, 3.05) is 11.9 Å². The van der Waals surface area contributed by atoms with Crippen LogP contribution >= 0.6 is 11.5 Å². The maximum atomic E-state index is 12.3. The van der Waals surface area contributed by atoms with E-state index >= 15 is 0 Å². The number of rotatable bonds is 7. The van der Waals surface area contributed by atoms with E-state index in [0.29, 0.717) is 23.9 Å². The Morgan fingerprint density at radius 1 is 1.45 bits per heavy atom. The van der Waals surface area contributed by atoms with Crippen LogP contribution in [0.4, 0.5) is 18.3 Å². The number of aliphatic carboxylic acids is 1. The van der Waals surface area contributed by atoms with Gasteiger partial charge in [-0.05, 0) is 18.3 Å². The highest BCUT2D eigenvalue weighted by Crippen LogP contribution is 2.29. The molecular weight excluding hydrogens is 295 g/mol. The molecule has 9 heteroatoms. The minimum Gasteiger partial charge on any atom is -0.481 e. The molecule has 1 aromatic rings. The fourth-order valence-corrected chi connectivity index (χ4v) is 2.39. The number of carboxylic acid groups (broad SMARTS) is 1. The van der Waals surface area contributed by atoms with Crippen molar-refractivity contribution >= 4 is 22.6 Å². The number of nitrogens with one attached hydrogen (secondary N) is 1. The van der Waals surface area contributed by atoms with E-state index in [1.165, 1.54) is 0 Å². The summed E-state index contributed by atoms with van der Waals surface area (Å²) in [5.74, 6) is -1.96. The molecule has 20 heavy (non-hydrogen) atoms. The second kappa shape index (κ2) is 6.87. The molecule has 114 valence electrons. The maximum Gasteiger partial charge on any atom is 0.452 e. The van der Waals surface area contributed by atoms with Gasteiger partial charge in [-0.2, -0.15) is 22.5 Å². The van der Waals surface area contributed by atoms with Crippen LogP contribution in [0.5, 0.6) is 0 Å². The number of nitrogens with zero attached hydrogens (tertiary/aromatic N) is 2. The van der Waals surface area contributed by atoms with E-state index in [4.69, 9.17) is 5.11 Å². The molecule has 1 heterocycles. The van der Waals surface area contributed by atoms with Crippen LogP contribution in [0.1, 0.15) is 32.5 Å². The van der Waals surface area contributed by atoms with Crippen molar-refractivity contribution in [3.05, 3.63) is 5.82 Å². The molecule has 2 N–H and O–H groups in total. The third kappa shape index (κ3) is 5.72. The molecule has 0 bridgehead atoms. The van der Waals surface area contributed by atoms with Crippen LogP contribution in [0.15, 0.2) is 0 Å². The minimum absolute atomic E-state index is 0.0316. The zero-order chi connectivity index (χ0) is 15.3. The molecule has 0 aliphatic carbocycles. The summed E-state index contributed by atoms with van der Waals surface area (Å²) in [5, 5.41) is 11.6. The molecule has 0 fully saturated rings. The second-order valence-electron chi connectivity index (χ2n) is 4.90. The molecule has 0 amide bonds. The molecule has 1 rings (SSSR count). The lowest BCUT2D eigenvalue weighted by Gasteiger charge is -2.17. The average molecular weight is 311 g/mol. The highest BCUT2D eigenvalue weighted by atomic mass is 32.1. The third-order valence-electron chi connectivity index (χ3n) is 2.49. The normalized spacial score (nSPS) is 13.5. The molecule has 1 unspecified atom stereocenters. The van der Waals surface area contributed by atoms with E-state index in [9.17, 15) is 18.0 Å². The van der Waals surface area contributed by atoms with Gasteiger partial charge in [-0.1, -0.05) is 13.8 Å². The standard InChI is InChI=1S/C11H16F3N3O2S/c1-6(2)3-7(4-8(18)19)5-15-10-16-9(17-20-10)11(12,13)14/h6-7H,3-5H2,1-2H3,(H,18,19)(H,15,16,17). The van der Waals surface area contributed by atoms with Gasteiger partial charge in [0.1, 0.15) is 0 Å². The average Bonchev–Trinajstić information content (AvgIpc) is 2.72. The van der Waals surface area contributed by atoms with Gasteiger partial charge in [-0.25, -0.2) is 0 Å². The maximum absolute atomic E-state index is 12.3. The lowest BCUT2D eigenvalue weighted by atomic mass is 9.94. The Labute approximate surface area is 118 Å². The Bertz CT molecular complexity index is 448. The number of carboxylic acids is 1. The number of anilines is 1. The van der Waals surface area contributed by atoms with E-state index in [0.717, 1.165) is 0 Å². The molecule has 0 saturated heterocycles. The molecule has 0 aliphatic rings. The van der Waals surface area contributed by atoms with Gasteiger partial charge < -0.3 is 10.4 Å². The van der Waals surface area contributed by atoms with Crippen molar-refractivity contribution in [3.8, 4) is 0 Å². The molecule has 0 radical (unpaired) electrons. The predicted molar refractivity (Wildman–Crippen MR) is 68.6 cm³/mol. The quantitative estimate of drug-likeness (QED) is 0.809. The van der Waals surface area contributed by atoms with Crippen molar-refractivity contribution < 1.29 is 23.1 Å². The summed E-state index contributed by atoms with van der Waals surface area (Å²) in [5.41, 5.74) is 0. The number of hydrogen-bond donors (Lipinski definition) is 2. The van der Waals surface area contributed by atoms with Crippen molar-refractivity contribution in [2.24, 2.45) is 11.8 Å². The fraction of sp³-hybridized carbons (Fsp3) is 0.727. The van der Waals surface area contributed by atoms with Gasteiger partial charge in [-0.3, -0.25) is 4.79 Å². The summed E-state index contributed by atoms with van der Waals surface area (Å²) in [6, 6.07) is 0. The molecule has 0 saturated carbocycles. The smallest absolute Gasteiger partial charge is 0.452 e. The summed E-state index contributed by atoms with van der Waals surface area (Å²) in [7, 11) is 0. The zero-order valence-electron chi connectivity index (χ0n) is 11.1. The van der Waals surface area contributed by atoms with Crippen molar-refractivity contribution in [3.63, 3.8) is 0 Å². The van der Waals surface area contributed by atoms with Crippen LogP contribution < -0.4 is 5.32 Å². The van der Waals surface area contributed by atoms with E-state index in [1.807, 2.05) is 13.8 Å². The second-order valence-corrected chi connectivity index (χ2v) is 5.65. The van der Waals surface area contributed by atoms with Crippen LogP contribution in [0.25, 0.3) is 0 Å². The van der Waals surface area contributed by atoms with Gasteiger partial charge in [0.2, 0.25) is 11.0 Å². The van der Waals surface area contributed by atoms with Gasteiger partial charge >= 0.3 is 12.1 Å². The summed E-state index contributed by atoms with van der Waals surface area (Å²) in [6.07, 6.45) is -3.92. The van der Waals surface area contributed by atoms with Gasteiger partial charge in [0.15, 0.2) is 0 Å². The van der Waals surface area contributed by atoms with E-state index in [1.54, 1.807) is 0 Å². The Kier molecular flexibility index (Phi) is 5.73. The van der Waals surface area contributed by atoms with Crippen molar-refractivity contribution in [1.82, 2.24) is 9.36 Å². The summed E-state index contributed by atoms with van der Waals surface area (Å²) < 4.78 is 40.2. The Balaban J connectivity index is 2.58. The molecule has 0 spiro atoms. The van der Waals surface area contributed by atoms with Gasteiger partial charge in [0, 0.05) is 24.5 Å². The number of alkyl halides is 3. The fourth-order valence-electron chi connectivity index (χ4n) is 1.79. The first-order valence-electron chi connectivity index (χ1n) is 6.05. The molecule has 0 aromatic carbocycles. The largest absolute Gasteiger partial charge is 0.481 e. The van der Waals surface area contributed by atoms with E-state index < -0.39 is 18.0 Å². The van der Waals surface area contributed by atoms with Crippen LogP contribution in [0.3, 0.4) is 0 Å². The van der Waals surface area contributed by atoms with Crippen LogP contribution in [-0.4, -0.2) is 27.0 Å². The van der Waals surface area contributed by atoms with Crippen LogP contribution in [-0.2, 0) is 11.0 Å². The number of hydrogen-bond acceptors (Lipinski definition) is 5. The lowest BCUT2D eigenvalue weighted by Crippen LogP contribution is -2.19. The Morgan fingerprint density at radius 2 is 2.10 bits per heavy atom.